The highest BCUT2D eigenvalue weighted by Crippen LogP contribution is 2.08. The van der Waals surface area contributed by atoms with Crippen LogP contribution in [0.4, 0.5) is 0 Å². The Hall–Kier alpha value is -2.04. The van der Waals surface area contributed by atoms with E-state index >= 15 is 0 Å². The van der Waals surface area contributed by atoms with Gasteiger partial charge in [0.15, 0.2) is 5.84 Å². The van der Waals surface area contributed by atoms with Gasteiger partial charge in [0.2, 0.25) is 0 Å². The van der Waals surface area contributed by atoms with E-state index in [0.717, 1.165) is 5.56 Å². The smallest absolute Gasteiger partial charge is 0.254 e. The van der Waals surface area contributed by atoms with Crippen molar-refractivity contribution in [1.82, 2.24) is 4.90 Å². The highest BCUT2D eigenvalue weighted by atomic mass is 16.4. The number of hydrogen-bond acceptors (Lipinski definition) is 3. The van der Waals surface area contributed by atoms with Crippen LogP contribution in [0.15, 0.2) is 29.4 Å². The van der Waals surface area contributed by atoms with Crippen LogP contribution in [0.1, 0.15) is 22.8 Å². The largest absolute Gasteiger partial charge is 0.409 e. The van der Waals surface area contributed by atoms with Crippen LogP contribution < -0.4 is 5.73 Å². The van der Waals surface area contributed by atoms with Crippen molar-refractivity contribution in [3.05, 3.63) is 35.4 Å². The predicted molar refractivity (Wildman–Crippen MR) is 66.1 cm³/mol. The molecule has 5 heteroatoms. The fourth-order valence-corrected chi connectivity index (χ4v) is 1.36. The van der Waals surface area contributed by atoms with Gasteiger partial charge in [-0.15, -0.1) is 0 Å². The molecule has 0 bridgehead atoms. The molecular weight excluding hydrogens is 218 g/mol. The topological polar surface area (TPSA) is 78.9 Å². The highest BCUT2D eigenvalue weighted by Gasteiger charge is 2.20. The molecular formula is C12H17N3O2. The van der Waals surface area contributed by atoms with Crippen LogP contribution >= 0.6 is 0 Å². The van der Waals surface area contributed by atoms with Crippen LogP contribution in [0.25, 0.3) is 0 Å². The summed E-state index contributed by atoms with van der Waals surface area (Å²) >= 11 is 0. The molecule has 1 rings (SSSR count). The number of carbonyl (C=O) groups excluding carboxylic acids is 1. The quantitative estimate of drug-likeness (QED) is 0.357. The number of aryl methyl sites for hydroxylation is 1. The summed E-state index contributed by atoms with van der Waals surface area (Å²) < 4.78 is 0. The van der Waals surface area contributed by atoms with Crippen molar-refractivity contribution in [1.29, 1.82) is 0 Å². The fraction of sp³-hybridized carbons (Fsp3) is 0.333. The monoisotopic (exact) mass is 235 g/mol. The molecule has 0 saturated heterocycles. The molecule has 0 aliphatic heterocycles. The highest BCUT2D eigenvalue weighted by molar-refractivity contribution is 5.97. The fourth-order valence-electron chi connectivity index (χ4n) is 1.36. The maximum Gasteiger partial charge on any atom is 0.254 e. The molecule has 0 radical (unpaired) electrons. The van der Waals surface area contributed by atoms with Gasteiger partial charge in [-0.25, -0.2) is 0 Å². The van der Waals surface area contributed by atoms with Gasteiger partial charge in [-0.05, 0) is 26.0 Å². The number of amidine groups is 1. The van der Waals surface area contributed by atoms with E-state index in [-0.39, 0.29) is 11.7 Å². The number of oxime groups is 1. The van der Waals surface area contributed by atoms with Crippen LogP contribution in [-0.2, 0) is 0 Å². The third-order valence-electron chi connectivity index (χ3n) is 2.74. The molecule has 1 unspecified atom stereocenters. The second-order valence-electron chi connectivity index (χ2n) is 3.98. The predicted octanol–water partition coefficient (Wildman–Crippen LogP) is 1.20. The molecule has 0 aliphatic rings. The van der Waals surface area contributed by atoms with Gasteiger partial charge in [-0.3, -0.25) is 4.79 Å². The third-order valence-corrected chi connectivity index (χ3v) is 2.74. The Morgan fingerprint density at radius 1 is 1.41 bits per heavy atom. The van der Waals surface area contributed by atoms with E-state index < -0.39 is 6.04 Å². The minimum Gasteiger partial charge on any atom is -0.409 e. The molecule has 0 aromatic heterocycles. The van der Waals surface area contributed by atoms with Gasteiger partial charge in [0, 0.05) is 12.6 Å². The van der Waals surface area contributed by atoms with Crippen molar-refractivity contribution < 1.29 is 10.0 Å². The Morgan fingerprint density at radius 3 is 2.41 bits per heavy atom. The number of nitrogens with zero attached hydrogens (tertiary/aromatic N) is 2. The Labute approximate surface area is 101 Å². The number of likely N-dealkylation sites (N-methyl/N-ethyl adjacent to an activating group) is 1. The van der Waals surface area contributed by atoms with E-state index in [4.69, 9.17) is 10.9 Å². The first-order valence-corrected chi connectivity index (χ1v) is 5.28. The first kappa shape index (κ1) is 13.0. The van der Waals surface area contributed by atoms with Crippen LogP contribution in [0, 0.1) is 6.92 Å². The van der Waals surface area contributed by atoms with Crippen LogP contribution in [0.2, 0.25) is 0 Å². The summed E-state index contributed by atoms with van der Waals surface area (Å²) in [6.45, 7) is 3.65. The molecule has 1 aromatic rings. The van der Waals surface area contributed by atoms with E-state index in [0.29, 0.717) is 5.56 Å². The Bertz CT molecular complexity index is 426. The van der Waals surface area contributed by atoms with Gasteiger partial charge in [-0.2, -0.15) is 0 Å². The maximum absolute atomic E-state index is 12.1. The van der Waals surface area contributed by atoms with E-state index in [1.807, 2.05) is 19.1 Å². The van der Waals surface area contributed by atoms with Gasteiger partial charge < -0.3 is 15.8 Å². The number of benzene rings is 1. The average Bonchev–Trinajstić information content (AvgIpc) is 2.36. The molecule has 3 N–H and O–H groups in total. The summed E-state index contributed by atoms with van der Waals surface area (Å²) in [7, 11) is 1.62. The molecule has 1 atom stereocenters. The molecule has 1 aromatic carbocycles. The lowest BCUT2D eigenvalue weighted by Crippen LogP contribution is -2.43. The number of rotatable bonds is 3. The average molecular weight is 235 g/mol. The van der Waals surface area contributed by atoms with Gasteiger partial charge >= 0.3 is 0 Å². The van der Waals surface area contributed by atoms with Crippen molar-refractivity contribution in [3.8, 4) is 0 Å². The van der Waals surface area contributed by atoms with Crippen LogP contribution in [0.3, 0.4) is 0 Å². The summed E-state index contributed by atoms with van der Waals surface area (Å²) in [5.41, 5.74) is 7.13. The molecule has 0 heterocycles. The zero-order valence-corrected chi connectivity index (χ0v) is 10.2. The summed E-state index contributed by atoms with van der Waals surface area (Å²) in [6.07, 6.45) is 0. The SMILES string of the molecule is Cc1ccc(C(=O)N(C)C(C)C(N)=NO)cc1. The van der Waals surface area contributed by atoms with Gasteiger partial charge in [0.25, 0.3) is 5.91 Å². The minimum absolute atomic E-state index is 0.00737. The van der Waals surface area contributed by atoms with Crippen LogP contribution in [-0.4, -0.2) is 34.9 Å². The van der Waals surface area contributed by atoms with Crippen molar-refractivity contribution in [2.75, 3.05) is 7.05 Å². The summed E-state index contributed by atoms with van der Waals surface area (Å²) in [6, 6.07) is 6.80. The van der Waals surface area contributed by atoms with Crippen molar-refractivity contribution in [2.24, 2.45) is 10.9 Å². The van der Waals surface area contributed by atoms with Crippen molar-refractivity contribution in [3.63, 3.8) is 0 Å². The molecule has 17 heavy (non-hydrogen) atoms. The van der Waals surface area contributed by atoms with Crippen molar-refractivity contribution >= 4 is 11.7 Å². The van der Waals surface area contributed by atoms with E-state index in [1.54, 1.807) is 26.1 Å². The molecule has 92 valence electrons. The lowest BCUT2D eigenvalue weighted by Gasteiger charge is -2.23. The van der Waals surface area contributed by atoms with E-state index in [9.17, 15) is 4.79 Å². The molecule has 0 spiro atoms. The van der Waals surface area contributed by atoms with E-state index in [2.05, 4.69) is 5.16 Å². The van der Waals surface area contributed by atoms with Crippen LogP contribution in [0.5, 0.6) is 0 Å². The third kappa shape index (κ3) is 2.96. The maximum atomic E-state index is 12.1. The zero-order chi connectivity index (χ0) is 13.0. The Kier molecular flexibility index (Phi) is 4.09. The first-order chi connectivity index (χ1) is 7.97. The molecule has 0 fully saturated rings. The first-order valence-electron chi connectivity index (χ1n) is 5.28. The Balaban J connectivity index is 2.86. The normalized spacial score (nSPS) is 13.2. The zero-order valence-electron chi connectivity index (χ0n) is 10.2. The summed E-state index contributed by atoms with van der Waals surface area (Å²) in [5.74, 6) is -0.155. The lowest BCUT2D eigenvalue weighted by atomic mass is 10.1. The Morgan fingerprint density at radius 2 is 1.94 bits per heavy atom. The number of nitrogens with two attached hydrogens (primary N) is 1. The van der Waals surface area contributed by atoms with Gasteiger partial charge in [0.05, 0.1) is 6.04 Å². The van der Waals surface area contributed by atoms with E-state index in [1.165, 1.54) is 4.90 Å². The molecule has 0 aliphatic carbocycles. The number of hydrogen-bond donors (Lipinski definition) is 2. The summed E-state index contributed by atoms with van der Waals surface area (Å²) in [5, 5.41) is 11.5. The standard InChI is InChI=1S/C12H17N3O2/c1-8-4-6-10(7-5-8)12(16)15(3)9(2)11(13)14-17/h4-7,9,17H,1-3H3,(H2,13,14). The molecule has 5 nitrogen and oxygen atoms in total. The van der Waals surface area contributed by atoms with Crippen molar-refractivity contribution in [2.45, 2.75) is 19.9 Å². The number of carbonyl (C=O) groups is 1. The number of amides is 1. The lowest BCUT2D eigenvalue weighted by molar-refractivity contribution is 0.0776. The molecule has 1 amide bonds. The second-order valence-corrected chi connectivity index (χ2v) is 3.98. The van der Waals surface area contributed by atoms with Gasteiger partial charge in [-0.1, -0.05) is 22.9 Å². The minimum atomic E-state index is -0.450. The summed E-state index contributed by atoms with van der Waals surface area (Å²) in [4.78, 5) is 13.5. The van der Waals surface area contributed by atoms with Gasteiger partial charge in [0.1, 0.15) is 0 Å². The molecule has 0 saturated carbocycles. The second kappa shape index (κ2) is 5.34.